The van der Waals surface area contributed by atoms with Gasteiger partial charge in [0.1, 0.15) is 5.82 Å². The third-order valence-electron chi connectivity index (χ3n) is 3.10. The molecule has 0 bridgehead atoms. The number of thioether (sulfide) groups is 1. The number of nitrogens with one attached hydrogen (secondary N) is 2. The summed E-state index contributed by atoms with van der Waals surface area (Å²) >= 11 is 1.51. The van der Waals surface area contributed by atoms with Gasteiger partial charge in [0.15, 0.2) is 11.5 Å². The van der Waals surface area contributed by atoms with Crippen molar-refractivity contribution in [1.82, 2.24) is 10.2 Å². The van der Waals surface area contributed by atoms with Crippen molar-refractivity contribution < 1.29 is 14.6 Å². The van der Waals surface area contributed by atoms with Gasteiger partial charge in [-0.25, -0.2) is 0 Å². The van der Waals surface area contributed by atoms with E-state index in [0.29, 0.717) is 17.3 Å². The number of anilines is 1. The average Bonchev–Trinajstić information content (AvgIpc) is 2.82. The molecule has 1 atom stereocenters. The highest BCUT2D eigenvalue weighted by molar-refractivity contribution is 8.00. The van der Waals surface area contributed by atoms with E-state index in [0.717, 1.165) is 11.1 Å². The van der Waals surface area contributed by atoms with Crippen molar-refractivity contribution in [2.75, 3.05) is 18.2 Å². The Balaban J connectivity index is 2.04. The molecule has 2 aromatic rings. The average molecular weight is 291 g/mol. The maximum Gasteiger partial charge on any atom is 0.235 e. The maximum atomic E-state index is 11.7. The molecule has 1 amide bonds. The van der Waals surface area contributed by atoms with Gasteiger partial charge >= 0.3 is 0 Å². The zero-order valence-electron chi connectivity index (χ0n) is 10.7. The largest absolute Gasteiger partial charge is 0.504 e. The third kappa shape index (κ3) is 2.20. The first-order chi connectivity index (χ1) is 9.69. The van der Waals surface area contributed by atoms with Crippen molar-refractivity contribution in [3.63, 3.8) is 0 Å². The van der Waals surface area contributed by atoms with Crippen LogP contribution in [0.5, 0.6) is 11.5 Å². The SMILES string of the molecule is COc1cc([C@@H]2SCC(=O)Nc3[nH]ncc32)ccc1O. The summed E-state index contributed by atoms with van der Waals surface area (Å²) in [6, 6.07) is 5.19. The molecule has 1 aliphatic rings. The number of H-pyrrole nitrogens is 1. The number of benzene rings is 1. The number of phenols is 1. The lowest BCUT2D eigenvalue weighted by molar-refractivity contribution is -0.113. The number of hydrogen-bond acceptors (Lipinski definition) is 5. The van der Waals surface area contributed by atoms with Gasteiger partial charge in [-0.05, 0) is 17.7 Å². The molecule has 0 radical (unpaired) electrons. The molecule has 2 heterocycles. The summed E-state index contributed by atoms with van der Waals surface area (Å²) in [7, 11) is 1.51. The number of nitrogens with zero attached hydrogens (tertiary/aromatic N) is 1. The second-order valence-corrected chi connectivity index (χ2v) is 5.46. The van der Waals surface area contributed by atoms with Crippen molar-refractivity contribution in [2.45, 2.75) is 5.25 Å². The van der Waals surface area contributed by atoms with Gasteiger partial charge in [0.2, 0.25) is 5.91 Å². The number of aromatic amines is 1. The Morgan fingerprint density at radius 2 is 2.35 bits per heavy atom. The van der Waals surface area contributed by atoms with E-state index < -0.39 is 0 Å². The second kappa shape index (κ2) is 5.09. The molecule has 3 rings (SSSR count). The minimum absolute atomic E-state index is 0.0443. The number of fused-ring (bicyclic) bond motifs is 1. The first-order valence-corrected chi connectivity index (χ1v) is 7.05. The molecule has 0 saturated carbocycles. The zero-order chi connectivity index (χ0) is 14.1. The molecular weight excluding hydrogens is 278 g/mol. The number of aromatic nitrogens is 2. The summed E-state index contributed by atoms with van der Waals surface area (Å²) in [5.74, 6) is 1.43. The molecule has 0 aliphatic carbocycles. The van der Waals surface area contributed by atoms with Crippen LogP contribution >= 0.6 is 11.8 Å². The summed E-state index contributed by atoms with van der Waals surface area (Å²) in [6.07, 6.45) is 1.71. The molecule has 0 spiro atoms. The van der Waals surface area contributed by atoms with E-state index in [1.165, 1.54) is 18.9 Å². The van der Waals surface area contributed by atoms with E-state index >= 15 is 0 Å². The first-order valence-electron chi connectivity index (χ1n) is 6.00. The summed E-state index contributed by atoms with van der Waals surface area (Å²) in [6.45, 7) is 0. The van der Waals surface area contributed by atoms with Crippen LogP contribution in [0.15, 0.2) is 24.4 Å². The quantitative estimate of drug-likeness (QED) is 0.786. The molecule has 7 heteroatoms. The lowest BCUT2D eigenvalue weighted by Crippen LogP contribution is -2.12. The Morgan fingerprint density at radius 3 is 3.15 bits per heavy atom. The molecule has 1 aromatic heterocycles. The fourth-order valence-corrected chi connectivity index (χ4v) is 3.24. The van der Waals surface area contributed by atoms with Gasteiger partial charge in [0, 0.05) is 5.56 Å². The first kappa shape index (κ1) is 12.9. The number of carbonyl (C=O) groups is 1. The van der Waals surface area contributed by atoms with Crippen LogP contribution in [0.2, 0.25) is 0 Å². The van der Waals surface area contributed by atoms with Gasteiger partial charge in [0.25, 0.3) is 0 Å². The second-order valence-electron chi connectivity index (χ2n) is 4.37. The van der Waals surface area contributed by atoms with E-state index in [1.54, 1.807) is 18.3 Å². The number of aromatic hydroxyl groups is 1. The van der Waals surface area contributed by atoms with Gasteiger partial charge in [-0.15, -0.1) is 11.8 Å². The van der Waals surface area contributed by atoms with E-state index in [-0.39, 0.29) is 16.9 Å². The summed E-state index contributed by atoms with van der Waals surface area (Å²) in [5, 5.41) is 19.2. The normalized spacial score (nSPS) is 18.1. The minimum atomic E-state index is -0.0613. The van der Waals surface area contributed by atoms with Crippen molar-refractivity contribution >= 4 is 23.5 Å². The van der Waals surface area contributed by atoms with E-state index in [9.17, 15) is 9.90 Å². The molecule has 1 aliphatic heterocycles. The van der Waals surface area contributed by atoms with Crippen LogP contribution in [0, 0.1) is 0 Å². The monoisotopic (exact) mass is 291 g/mol. The van der Waals surface area contributed by atoms with Crippen LogP contribution in [0.25, 0.3) is 0 Å². The van der Waals surface area contributed by atoms with Crippen molar-refractivity contribution in [1.29, 1.82) is 0 Å². The Morgan fingerprint density at radius 1 is 1.50 bits per heavy atom. The maximum absolute atomic E-state index is 11.7. The molecule has 0 unspecified atom stereocenters. The number of amides is 1. The summed E-state index contributed by atoms with van der Waals surface area (Å²) < 4.78 is 5.13. The van der Waals surface area contributed by atoms with E-state index in [4.69, 9.17) is 4.74 Å². The molecule has 20 heavy (non-hydrogen) atoms. The van der Waals surface area contributed by atoms with Gasteiger partial charge in [0.05, 0.1) is 24.3 Å². The molecular formula is C13H13N3O3S. The number of rotatable bonds is 2. The topological polar surface area (TPSA) is 87.2 Å². The van der Waals surface area contributed by atoms with Gasteiger partial charge in [-0.2, -0.15) is 5.10 Å². The molecule has 0 saturated heterocycles. The van der Waals surface area contributed by atoms with Crippen LogP contribution in [-0.4, -0.2) is 34.1 Å². The fourth-order valence-electron chi connectivity index (χ4n) is 2.15. The molecule has 0 fully saturated rings. The predicted octanol–water partition coefficient (Wildman–Crippen LogP) is 1.90. The Labute approximate surface area is 119 Å². The highest BCUT2D eigenvalue weighted by Gasteiger charge is 2.26. The van der Waals surface area contributed by atoms with Gasteiger partial charge in [-0.1, -0.05) is 6.07 Å². The van der Waals surface area contributed by atoms with Crippen LogP contribution < -0.4 is 10.1 Å². The molecule has 1 aromatic carbocycles. The molecule has 3 N–H and O–H groups in total. The Kier molecular flexibility index (Phi) is 3.27. The van der Waals surface area contributed by atoms with E-state index in [1.807, 2.05) is 6.07 Å². The number of carbonyl (C=O) groups excluding carboxylic acids is 1. The zero-order valence-corrected chi connectivity index (χ0v) is 11.5. The van der Waals surface area contributed by atoms with Crippen LogP contribution in [-0.2, 0) is 4.79 Å². The number of methoxy groups -OCH3 is 1. The number of phenolic OH excluding ortho intramolecular Hbond substituents is 1. The Hall–Kier alpha value is -2.15. The summed E-state index contributed by atoms with van der Waals surface area (Å²) in [5.41, 5.74) is 1.86. The van der Waals surface area contributed by atoms with Crippen molar-refractivity contribution in [2.24, 2.45) is 0 Å². The third-order valence-corrected chi connectivity index (χ3v) is 4.39. The van der Waals surface area contributed by atoms with Crippen molar-refractivity contribution in [3.8, 4) is 11.5 Å². The van der Waals surface area contributed by atoms with Crippen LogP contribution in [0.1, 0.15) is 16.4 Å². The highest BCUT2D eigenvalue weighted by atomic mass is 32.2. The van der Waals surface area contributed by atoms with Crippen molar-refractivity contribution in [3.05, 3.63) is 35.5 Å². The molecule has 6 nitrogen and oxygen atoms in total. The lowest BCUT2D eigenvalue weighted by Gasteiger charge is -2.15. The summed E-state index contributed by atoms with van der Waals surface area (Å²) in [4.78, 5) is 11.7. The van der Waals surface area contributed by atoms with Gasteiger partial charge in [-0.3, -0.25) is 9.89 Å². The predicted molar refractivity (Wildman–Crippen MR) is 76.2 cm³/mol. The minimum Gasteiger partial charge on any atom is -0.504 e. The van der Waals surface area contributed by atoms with Crippen LogP contribution in [0.3, 0.4) is 0 Å². The standard InChI is InChI=1S/C13H13N3O3S/c1-19-10-4-7(2-3-9(10)17)12-8-5-14-16-13(8)15-11(18)6-20-12/h2-5,12,17H,6H2,1H3,(H2,14,15,16,18)/t12-/m0/s1. The number of ether oxygens (including phenoxy) is 1. The molecule has 104 valence electrons. The smallest absolute Gasteiger partial charge is 0.235 e. The highest BCUT2D eigenvalue weighted by Crippen LogP contribution is 2.42. The Bertz CT molecular complexity index is 656. The number of hydrogen-bond donors (Lipinski definition) is 3. The lowest BCUT2D eigenvalue weighted by atomic mass is 10.1. The fraction of sp³-hybridized carbons (Fsp3) is 0.231. The van der Waals surface area contributed by atoms with Gasteiger partial charge < -0.3 is 15.2 Å². The van der Waals surface area contributed by atoms with E-state index in [2.05, 4.69) is 15.5 Å². The van der Waals surface area contributed by atoms with Crippen LogP contribution in [0.4, 0.5) is 5.82 Å².